The number of halogens is 1. The smallest absolute Gasteiger partial charge is 0.179 e. The molecule has 0 unspecified atom stereocenters. The minimum atomic E-state index is -0.0303. The fourth-order valence-electron chi connectivity index (χ4n) is 0.858. The quantitative estimate of drug-likeness (QED) is 0.799. The highest BCUT2D eigenvalue weighted by atomic mass is 79.9. The highest BCUT2D eigenvalue weighted by molar-refractivity contribution is 9.10. The van der Waals surface area contributed by atoms with E-state index in [1.54, 1.807) is 6.07 Å². The van der Waals surface area contributed by atoms with E-state index in [1.807, 2.05) is 6.07 Å². The van der Waals surface area contributed by atoms with Gasteiger partial charge in [0.25, 0.3) is 0 Å². The minimum absolute atomic E-state index is 0.0303. The summed E-state index contributed by atoms with van der Waals surface area (Å²) in [6.07, 6.45) is 0. The molecule has 0 spiro atoms. The van der Waals surface area contributed by atoms with Crippen molar-refractivity contribution in [2.45, 2.75) is 0 Å². The molecule has 0 fully saturated rings. The summed E-state index contributed by atoms with van der Waals surface area (Å²) in [5.74, 6) is 0.170. The van der Waals surface area contributed by atoms with E-state index in [-0.39, 0.29) is 11.5 Å². The highest BCUT2D eigenvalue weighted by Gasteiger charge is 2.10. The molecule has 0 bridgehead atoms. The van der Waals surface area contributed by atoms with Crippen LogP contribution in [0.4, 0.5) is 0 Å². The van der Waals surface area contributed by atoms with Crippen molar-refractivity contribution < 1.29 is 9.84 Å². The number of nitriles is 1. The van der Waals surface area contributed by atoms with Crippen molar-refractivity contribution >= 4 is 15.9 Å². The third kappa shape index (κ3) is 1.36. The number of hydrogen-bond acceptors (Lipinski definition) is 3. The van der Waals surface area contributed by atoms with E-state index in [0.29, 0.717) is 10.0 Å². The lowest BCUT2D eigenvalue weighted by atomic mass is 10.2. The fraction of sp³-hybridized carbons (Fsp3) is 0.125. The third-order valence-electron chi connectivity index (χ3n) is 1.40. The van der Waals surface area contributed by atoms with Gasteiger partial charge in [0.2, 0.25) is 0 Å². The molecule has 0 atom stereocenters. The molecule has 4 heteroatoms. The Morgan fingerprint density at radius 3 is 2.67 bits per heavy atom. The van der Waals surface area contributed by atoms with Gasteiger partial charge in [-0.25, -0.2) is 0 Å². The number of aromatic hydroxyl groups is 1. The van der Waals surface area contributed by atoms with Crippen LogP contribution < -0.4 is 4.74 Å². The first-order valence-electron chi connectivity index (χ1n) is 3.16. The maximum absolute atomic E-state index is 9.25. The number of methoxy groups -OCH3 is 1. The molecule has 0 amide bonds. The zero-order valence-electron chi connectivity index (χ0n) is 6.34. The van der Waals surface area contributed by atoms with Crippen molar-refractivity contribution in [1.82, 2.24) is 0 Å². The van der Waals surface area contributed by atoms with Gasteiger partial charge in [0.05, 0.1) is 7.11 Å². The molecular weight excluding hydrogens is 222 g/mol. The molecule has 0 radical (unpaired) electrons. The standard InChI is InChI=1S/C8H6BrNO2/c1-12-8-5(4-10)6(9)2-3-7(8)11/h2-3,11H,1H3. The SMILES string of the molecule is COc1c(O)ccc(Br)c1C#N. The Morgan fingerprint density at radius 2 is 2.25 bits per heavy atom. The van der Waals surface area contributed by atoms with Crippen molar-refractivity contribution in [3.63, 3.8) is 0 Å². The van der Waals surface area contributed by atoms with Crippen LogP contribution in [0.5, 0.6) is 11.5 Å². The van der Waals surface area contributed by atoms with E-state index in [2.05, 4.69) is 15.9 Å². The van der Waals surface area contributed by atoms with Crippen LogP contribution in [0.25, 0.3) is 0 Å². The zero-order valence-corrected chi connectivity index (χ0v) is 7.92. The van der Waals surface area contributed by atoms with Crippen molar-refractivity contribution in [2.24, 2.45) is 0 Å². The number of ether oxygens (including phenoxy) is 1. The van der Waals surface area contributed by atoms with Crippen LogP contribution in [0.15, 0.2) is 16.6 Å². The van der Waals surface area contributed by atoms with Crippen molar-refractivity contribution in [3.8, 4) is 17.6 Å². The maximum atomic E-state index is 9.25. The molecule has 0 aliphatic heterocycles. The molecule has 0 saturated heterocycles. The molecule has 0 saturated carbocycles. The topological polar surface area (TPSA) is 53.2 Å². The lowest BCUT2D eigenvalue weighted by Crippen LogP contribution is -1.89. The van der Waals surface area contributed by atoms with Crippen LogP contribution in [0.1, 0.15) is 5.56 Å². The number of rotatable bonds is 1. The van der Waals surface area contributed by atoms with Crippen molar-refractivity contribution in [1.29, 1.82) is 5.26 Å². The second-order valence-corrected chi connectivity index (χ2v) is 2.94. The Labute approximate surface area is 78.3 Å². The van der Waals surface area contributed by atoms with Gasteiger partial charge in [0.15, 0.2) is 11.5 Å². The fourth-order valence-corrected chi connectivity index (χ4v) is 1.26. The molecule has 1 rings (SSSR count). The van der Waals surface area contributed by atoms with Gasteiger partial charge in [-0.05, 0) is 28.1 Å². The van der Waals surface area contributed by atoms with E-state index in [4.69, 9.17) is 10.00 Å². The second-order valence-electron chi connectivity index (χ2n) is 2.09. The molecule has 62 valence electrons. The summed E-state index contributed by atoms with van der Waals surface area (Å²) < 4.78 is 5.46. The average Bonchev–Trinajstić information content (AvgIpc) is 2.08. The van der Waals surface area contributed by atoms with Crippen LogP contribution >= 0.6 is 15.9 Å². The molecule has 3 nitrogen and oxygen atoms in total. The van der Waals surface area contributed by atoms with Gasteiger partial charge in [0, 0.05) is 4.47 Å². The summed E-state index contributed by atoms with van der Waals surface area (Å²) in [7, 11) is 1.41. The van der Waals surface area contributed by atoms with Crippen LogP contribution in [0.2, 0.25) is 0 Å². The Hall–Kier alpha value is -1.21. The van der Waals surface area contributed by atoms with Gasteiger partial charge in [0.1, 0.15) is 11.6 Å². The first-order valence-corrected chi connectivity index (χ1v) is 3.95. The van der Waals surface area contributed by atoms with E-state index in [1.165, 1.54) is 13.2 Å². The Kier molecular flexibility index (Phi) is 2.56. The van der Waals surface area contributed by atoms with Crippen LogP contribution in [-0.4, -0.2) is 12.2 Å². The average molecular weight is 228 g/mol. The molecule has 12 heavy (non-hydrogen) atoms. The molecule has 0 aliphatic rings. The van der Waals surface area contributed by atoms with Gasteiger partial charge >= 0.3 is 0 Å². The van der Waals surface area contributed by atoms with E-state index in [9.17, 15) is 5.11 Å². The largest absolute Gasteiger partial charge is 0.504 e. The molecule has 0 heterocycles. The summed E-state index contributed by atoms with van der Waals surface area (Å²) in [6.45, 7) is 0. The maximum Gasteiger partial charge on any atom is 0.179 e. The summed E-state index contributed by atoms with van der Waals surface area (Å²) >= 11 is 3.17. The Balaban J connectivity index is 3.41. The second kappa shape index (κ2) is 3.46. The van der Waals surface area contributed by atoms with Crippen molar-refractivity contribution in [3.05, 3.63) is 22.2 Å². The molecule has 1 aromatic carbocycles. The molecular formula is C8H6BrNO2. The molecule has 0 aliphatic carbocycles. The molecule has 1 N–H and O–H groups in total. The number of hydrogen-bond donors (Lipinski definition) is 1. The van der Waals surface area contributed by atoms with Crippen LogP contribution in [0.3, 0.4) is 0 Å². The van der Waals surface area contributed by atoms with E-state index < -0.39 is 0 Å². The number of phenolic OH excluding ortho intramolecular Hbond substituents is 1. The van der Waals surface area contributed by atoms with Crippen LogP contribution in [-0.2, 0) is 0 Å². The first-order chi connectivity index (χ1) is 5.70. The summed E-state index contributed by atoms with van der Waals surface area (Å²) in [4.78, 5) is 0. The van der Waals surface area contributed by atoms with E-state index >= 15 is 0 Å². The number of phenols is 1. The summed E-state index contributed by atoms with van der Waals surface area (Å²) in [5.41, 5.74) is 0.303. The number of nitrogens with zero attached hydrogens (tertiary/aromatic N) is 1. The predicted octanol–water partition coefficient (Wildman–Crippen LogP) is 2.03. The molecule has 0 aromatic heterocycles. The third-order valence-corrected chi connectivity index (χ3v) is 2.06. The predicted molar refractivity (Wildman–Crippen MR) is 47.1 cm³/mol. The monoisotopic (exact) mass is 227 g/mol. The molecule has 1 aromatic rings. The van der Waals surface area contributed by atoms with Gasteiger partial charge in [-0.15, -0.1) is 0 Å². The van der Waals surface area contributed by atoms with Gasteiger partial charge in [-0.2, -0.15) is 5.26 Å². The zero-order chi connectivity index (χ0) is 9.14. The lowest BCUT2D eigenvalue weighted by Gasteiger charge is -2.05. The van der Waals surface area contributed by atoms with Gasteiger partial charge < -0.3 is 9.84 Å². The van der Waals surface area contributed by atoms with Crippen molar-refractivity contribution in [2.75, 3.05) is 7.11 Å². The summed E-state index contributed by atoms with van der Waals surface area (Å²) in [5, 5.41) is 17.9. The normalized spacial score (nSPS) is 9.08. The van der Waals surface area contributed by atoms with Crippen LogP contribution in [0, 0.1) is 11.3 Å². The van der Waals surface area contributed by atoms with E-state index in [0.717, 1.165) is 0 Å². The first kappa shape index (κ1) is 8.88. The Bertz CT molecular complexity index is 344. The van der Waals surface area contributed by atoms with Gasteiger partial charge in [-0.1, -0.05) is 0 Å². The minimum Gasteiger partial charge on any atom is -0.504 e. The lowest BCUT2D eigenvalue weighted by molar-refractivity contribution is 0.372. The Morgan fingerprint density at radius 1 is 1.58 bits per heavy atom. The number of benzene rings is 1. The summed E-state index contributed by atoms with van der Waals surface area (Å²) in [6, 6.07) is 4.98. The van der Waals surface area contributed by atoms with Gasteiger partial charge in [-0.3, -0.25) is 0 Å². The highest BCUT2D eigenvalue weighted by Crippen LogP contribution is 2.34.